The van der Waals surface area contributed by atoms with Crippen LogP contribution in [0.4, 0.5) is 0 Å². The summed E-state index contributed by atoms with van der Waals surface area (Å²) < 4.78 is 0.983. The molecule has 0 bridgehead atoms. The zero-order chi connectivity index (χ0) is 15.5. The van der Waals surface area contributed by atoms with Crippen LogP contribution in [0.1, 0.15) is 36.6 Å². The fourth-order valence-corrected chi connectivity index (χ4v) is 3.09. The molecule has 1 aromatic carbocycles. The van der Waals surface area contributed by atoms with Crippen LogP contribution in [0.25, 0.3) is 0 Å². The highest BCUT2D eigenvalue weighted by atomic mass is 79.9. The number of benzene rings is 1. The van der Waals surface area contributed by atoms with Crippen LogP contribution >= 0.6 is 15.9 Å². The first-order chi connectivity index (χ1) is 10.7. The van der Waals surface area contributed by atoms with Gasteiger partial charge in [-0.05, 0) is 36.2 Å². The fourth-order valence-electron chi connectivity index (χ4n) is 2.73. The van der Waals surface area contributed by atoms with Gasteiger partial charge in [0.1, 0.15) is 6.04 Å². The lowest BCUT2D eigenvalue weighted by Gasteiger charge is -2.10. The van der Waals surface area contributed by atoms with Crippen LogP contribution in [0.15, 0.2) is 52.1 Å². The lowest BCUT2D eigenvalue weighted by atomic mass is 9.97. The number of ketones is 1. The molecule has 0 spiro atoms. The molecule has 0 amide bonds. The van der Waals surface area contributed by atoms with Gasteiger partial charge in [-0.3, -0.25) is 14.8 Å². The van der Waals surface area contributed by atoms with E-state index in [1.165, 1.54) is 0 Å². The van der Waals surface area contributed by atoms with Gasteiger partial charge in [-0.15, -0.1) is 0 Å². The standard InChI is InChI=1S/C18H17BrN2O/c1-2-5-15-17(22)10-12-7-8-13(19)11-14(12)18(21-15)16-6-3-4-9-20-16/h3-4,6-9,11,15H,2,5,10H2,1H3/t15-/m0/s1. The molecule has 0 aliphatic carbocycles. The van der Waals surface area contributed by atoms with Crippen molar-refractivity contribution in [2.45, 2.75) is 32.2 Å². The number of carbonyl (C=O) groups excluding carboxylic acids is 1. The number of fused-ring (bicyclic) bond motifs is 1. The molecular formula is C18H17BrN2O. The Bertz CT molecular complexity index is 725. The summed E-state index contributed by atoms with van der Waals surface area (Å²) in [5, 5.41) is 0. The van der Waals surface area contributed by atoms with E-state index < -0.39 is 0 Å². The van der Waals surface area contributed by atoms with Crippen molar-refractivity contribution in [3.8, 4) is 0 Å². The summed E-state index contributed by atoms with van der Waals surface area (Å²) in [6.07, 6.45) is 3.92. The van der Waals surface area contributed by atoms with Crippen LogP contribution in [-0.4, -0.2) is 22.5 Å². The van der Waals surface area contributed by atoms with Crippen molar-refractivity contribution in [2.75, 3.05) is 0 Å². The topological polar surface area (TPSA) is 42.3 Å². The summed E-state index contributed by atoms with van der Waals surface area (Å²) in [5.74, 6) is 0.191. The van der Waals surface area contributed by atoms with Crippen LogP contribution in [0.5, 0.6) is 0 Å². The first-order valence-corrected chi connectivity index (χ1v) is 8.29. The molecular weight excluding hydrogens is 340 g/mol. The Labute approximate surface area is 138 Å². The molecule has 0 radical (unpaired) electrons. The molecule has 3 rings (SSSR count). The number of aliphatic imine (C=N–C) groups is 1. The van der Waals surface area contributed by atoms with E-state index >= 15 is 0 Å². The second kappa shape index (κ2) is 6.53. The van der Waals surface area contributed by atoms with Gasteiger partial charge in [-0.25, -0.2) is 0 Å². The van der Waals surface area contributed by atoms with Crippen molar-refractivity contribution in [2.24, 2.45) is 4.99 Å². The van der Waals surface area contributed by atoms with Gasteiger partial charge < -0.3 is 0 Å². The van der Waals surface area contributed by atoms with E-state index in [0.717, 1.165) is 39.8 Å². The molecule has 0 fully saturated rings. The Morgan fingerprint density at radius 1 is 1.27 bits per heavy atom. The van der Waals surface area contributed by atoms with Crippen LogP contribution in [0.2, 0.25) is 0 Å². The maximum absolute atomic E-state index is 12.5. The van der Waals surface area contributed by atoms with E-state index in [0.29, 0.717) is 6.42 Å². The van der Waals surface area contributed by atoms with Gasteiger partial charge in [0.15, 0.2) is 5.78 Å². The minimum Gasteiger partial charge on any atom is -0.297 e. The number of Topliss-reactive ketones (excluding diaryl/α,β-unsaturated/α-hetero) is 1. The van der Waals surface area contributed by atoms with Gasteiger partial charge in [-0.1, -0.05) is 41.4 Å². The summed E-state index contributed by atoms with van der Waals surface area (Å²) in [6.45, 7) is 2.08. The molecule has 1 aliphatic rings. The zero-order valence-corrected chi connectivity index (χ0v) is 14.0. The molecule has 0 saturated heterocycles. The Kier molecular flexibility index (Phi) is 4.48. The molecule has 1 atom stereocenters. The molecule has 2 aromatic rings. The molecule has 1 aromatic heterocycles. The summed E-state index contributed by atoms with van der Waals surface area (Å²) >= 11 is 3.52. The number of hydrogen-bond acceptors (Lipinski definition) is 3. The highest BCUT2D eigenvalue weighted by Gasteiger charge is 2.25. The van der Waals surface area contributed by atoms with Gasteiger partial charge >= 0.3 is 0 Å². The number of rotatable bonds is 3. The lowest BCUT2D eigenvalue weighted by molar-refractivity contribution is -0.119. The van der Waals surface area contributed by atoms with Crippen molar-refractivity contribution in [1.29, 1.82) is 0 Å². The predicted octanol–water partition coefficient (Wildman–Crippen LogP) is 3.98. The first-order valence-electron chi connectivity index (χ1n) is 7.49. The van der Waals surface area contributed by atoms with Crippen molar-refractivity contribution >= 4 is 27.4 Å². The average Bonchev–Trinajstić information content (AvgIpc) is 2.66. The highest BCUT2D eigenvalue weighted by Crippen LogP contribution is 2.25. The summed E-state index contributed by atoms with van der Waals surface area (Å²) in [4.78, 5) is 21.7. The molecule has 1 aliphatic heterocycles. The van der Waals surface area contributed by atoms with E-state index in [2.05, 4.69) is 27.8 Å². The quantitative estimate of drug-likeness (QED) is 0.834. The largest absolute Gasteiger partial charge is 0.297 e. The predicted molar refractivity (Wildman–Crippen MR) is 91.4 cm³/mol. The Hall–Kier alpha value is -1.81. The summed E-state index contributed by atoms with van der Waals surface area (Å²) in [6, 6.07) is 11.5. The highest BCUT2D eigenvalue weighted by molar-refractivity contribution is 9.10. The zero-order valence-electron chi connectivity index (χ0n) is 12.4. The molecule has 112 valence electrons. The van der Waals surface area contributed by atoms with Gasteiger partial charge in [0.05, 0.1) is 11.4 Å². The third-order valence-corrected chi connectivity index (χ3v) is 4.31. The smallest absolute Gasteiger partial charge is 0.161 e. The lowest BCUT2D eigenvalue weighted by Crippen LogP contribution is -2.20. The first kappa shape index (κ1) is 15.1. The normalized spacial score (nSPS) is 17.6. The van der Waals surface area contributed by atoms with Crippen LogP contribution < -0.4 is 0 Å². The Balaban J connectivity index is 2.18. The SMILES string of the molecule is CCC[C@@H]1N=C(c2ccccn2)c2cc(Br)ccc2CC1=O. The minimum atomic E-state index is -0.270. The minimum absolute atomic E-state index is 0.191. The van der Waals surface area contributed by atoms with Crippen molar-refractivity contribution in [3.05, 3.63) is 63.9 Å². The number of halogens is 1. The van der Waals surface area contributed by atoms with Gasteiger partial charge in [-0.2, -0.15) is 0 Å². The number of carbonyl (C=O) groups is 1. The van der Waals surface area contributed by atoms with E-state index in [1.807, 2.05) is 36.4 Å². The number of hydrogen-bond donors (Lipinski definition) is 0. The van der Waals surface area contributed by atoms with Crippen LogP contribution in [-0.2, 0) is 11.2 Å². The van der Waals surface area contributed by atoms with Gasteiger partial charge in [0.2, 0.25) is 0 Å². The molecule has 0 N–H and O–H groups in total. The average molecular weight is 357 g/mol. The maximum atomic E-state index is 12.5. The van der Waals surface area contributed by atoms with E-state index in [4.69, 9.17) is 4.99 Å². The van der Waals surface area contributed by atoms with Crippen LogP contribution in [0, 0.1) is 0 Å². The Morgan fingerprint density at radius 3 is 2.86 bits per heavy atom. The molecule has 0 saturated carbocycles. The van der Waals surface area contributed by atoms with E-state index in [-0.39, 0.29) is 11.8 Å². The third-order valence-electron chi connectivity index (χ3n) is 3.82. The second-order valence-corrected chi connectivity index (χ2v) is 6.36. The Morgan fingerprint density at radius 2 is 2.14 bits per heavy atom. The second-order valence-electron chi connectivity index (χ2n) is 5.44. The number of nitrogens with zero attached hydrogens (tertiary/aromatic N) is 2. The van der Waals surface area contributed by atoms with Crippen molar-refractivity contribution in [3.63, 3.8) is 0 Å². The summed E-state index contributed by atoms with van der Waals surface area (Å²) in [5.41, 5.74) is 3.66. The monoisotopic (exact) mass is 356 g/mol. The molecule has 0 unspecified atom stereocenters. The molecule has 2 heterocycles. The van der Waals surface area contributed by atoms with Crippen molar-refractivity contribution < 1.29 is 4.79 Å². The van der Waals surface area contributed by atoms with Crippen LogP contribution in [0.3, 0.4) is 0 Å². The maximum Gasteiger partial charge on any atom is 0.161 e. The molecule has 4 heteroatoms. The van der Waals surface area contributed by atoms with E-state index in [9.17, 15) is 4.79 Å². The molecule has 3 nitrogen and oxygen atoms in total. The molecule has 22 heavy (non-hydrogen) atoms. The van der Waals surface area contributed by atoms with Gasteiger partial charge in [0.25, 0.3) is 0 Å². The van der Waals surface area contributed by atoms with Crippen molar-refractivity contribution in [1.82, 2.24) is 4.98 Å². The van der Waals surface area contributed by atoms with Gasteiger partial charge in [0, 0.05) is 22.7 Å². The third kappa shape index (κ3) is 3.02. The number of pyridine rings is 1. The fraction of sp³-hybridized carbons (Fsp3) is 0.278. The number of aromatic nitrogens is 1. The summed E-state index contributed by atoms with van der Waals surface area (Å²) in [7, 11) is 0. The van der Waals surface area contributed by atoms with E-state index in [1.54, 1.807) is 6.20 Å².